The highest BCUT2D eigenvalue weighted by atomic mass is 35.5. The van der Waals surface area contributed by atoms with Crippen LogP contribution in [0.2, 0.25) is 5.02 Å². The quantitative estimate of drug-likeness (QED) is 0.271. The molecule has 0 bridgehead atoms. The van der Waals surface area contributed by atoms with Crippen molar-refractivity contribution in [3.05, 3.63) is 106 Å². The van der Waals surface area contributed by atoms with E-state index in [-0.39, 0.29) is 10.7 Å². The number of carbonyl (C=O) groups is 1. The van der Waals surface area contributed by atoms with Gasteiger partial charge in [-0.3, -0.25) is 20.4 Å². The number of hydrogen-bond acceptors (Lipinski definition) is 5. The summed E-state index contributed by atoms with van der Waals surface area (Å²) in [7, 11) is 0. The fraction of sp³-hybridized carbons (Fsp3) is 0.0385. The van der Waals surface area contributed by atoms with Crippen LogP contribution in [0.3, 0.4) is 0 Å². The summed E-state index contributed by atoms with van der Waals surface area (Å²) in [6.07, 6.45) is 0. The smallest absolute Gasteiger partial charge is 0.285 e. The molecule has 1 heterocycles. The van der Waals surface area contributed by atoms with Crippen LogP contribution in [0, 0.1) is 11.3 Å². The molecule has 0 atom stereocenters. The minimum Gasteiger partial charge on any atom is -0.331 e. The largest absolute Gasteiger partial charge is 0.331 e. The molecule has 10 heteroatoms. The zero-order chi connectivity index (χ0) is 25.5. The molecule has 4 rings (SSSR count). The third-order valence-electron chi connectivity index (χ3n) is 5.09. The number of carbonyl (C=O) groups excluding carboxylic acids is 1. The van der Waals surface area contributed by atoms with Crippen LogP contribution in [-0.2, 0) is 11.3 Å². The van der Waals surface area contributed by atoms with Gasteiger partial charge in [-0.2, -0.15) is 10.4 Å². The van der Waals surface area contributed by atoms with Gasteiger partial charge in [0.05, 0.1) is 0 Å². The highest BCUT2D eigenvalue weighted by Gasteiger charge is 2.21. The Balaban J connectivity index is 1.59. The van der Waals surface area contributed by atoms with Crippen molar-refractivity contribution < 1.29 is 4.79 Å². The predicted molar refractivity (Wildman–Crippen MR) is 143 cm³/mol. The number of halogens is 1. The Bertz CT molecular complexity index is 1500. The number of nitrogens with zero attached hydrogens (tertiary/aromatic N) is 3. The highest BCUT2D eigenvalue weighted by molar-refractivity contribution is 7.80. The summed E-state index contributed by atoms with van der Waals surface area (Å²) in [6, 6.07) is 27.1. The molecule has 0 aliphatic rings. The van der Waals surface area contributed by atoms with E-state index in [1.807, 2.05) is 54.6 Å². The number of aromatic nitrogens is 2. The number of hydrazine groups is 1. The van der Waals surface area contributed by atoms with Crippen molar-refractivity contribution in [1.82, 2.24) is 20.6 Å². The van der Waals surface area contributed by atoms with Crippen LogP contribution in [-0.4, -0.2) is 20.8 Å². The molecule has 8 nitrogen and oxygen atoms in total. The van der Waals surface area contributed by atoms with E-state index in [1.54, 1.807) is 36.4 Å². The van der Waals surface area contributed by atoms with Crippen molar-refractivity contribution in [3.63, 3.8) is 0 Å². The number of nitrogens with one attached hydrogen (secondary N) is 3. The fourth-order valence-corrected chi connectivity index (χ4v) is 3.76. The topological polar surface area (TPSA) is 112 Å². The number of anilines is 1. The molecule has 4 aromatic rings. The molecule has 0 fully saturated rings. The molecule has 0 saturated carbocycles. The number of hydrogen-bond donors (Lipinski definition) is 3. The molecular formula is C26H19ClN6O2S. The van der Waals surface area contributed by atoms with E-state index < -0.39 is 18.0 Å². The monoisotopic (exact) mass is 514 g/mol. The molecule has 0 radical (unpaired) electrons. The number of nitriles is 1. The second kappa shape index (κ2) is 11.3. The van der Waals surface area contributed by atoms with E-state index >= 15 is 0 Å². The third kappa shape index (κ3) is 5.75. The molecule has 1 amide bonds. The van der Waals surface area contributed by atoms with Crippen LogP contribution in [0.5, 0.6) is 0 Å². The first kappa shape index (κ1) is 24.6. The van der Waals surface area contributed by atoms with Gasteiger partial charge in [0.25, 0.3) is 11.5 Å². The van der Waals surface area contributed by atoms with E-state index in [0.29, 0.717) is 33.1 Å². The van der Waals surface area contributed by atoms with Crippen molar-refractivity contribution in [2.24, 2.45) is 0 Å². The maximum Gasteiger partial charge on any atom is 0.285 e. The van der Waals surface area contributed by atoms with Crippen LogP contribution < -0.4 is 21.7 Å². The molecule has 0 aliphatic carbocycles. The first-order valence-corrected chi connectivity index (χ1v) is 11.5. The minimum atomic E-state index is -0.673. The van der Waals surface area contributed by atoms with Gasteiger partial charge in [-0.15, -0.1) is 0 Å². The summed E-state index contributed by atoms with van der Waals surface area (Å²) >= 11 is 11.0. The van der Waals surface area contributed by atoms with Gasteiger partial charge in [-0.25, -0.2) is 4.68 Å². The normalized spacial score (nSPS) is 10.2. The van der Waals surface area contributed by atoms with Crippen molar-refractivity contribution >= 4 is 40.5 Å². The Morgan fingerprint density at radius 2 is 1.56 bits per heavy atom. The van der Waals surface area contributed by atoms with Crippen molar-refractivity contribution in [3.8, 4) is 28.5 Å². The summed E-state index contributed by atoms with van der Waals surface area (Å²) < 4.78 is 0.972. The number of benzene rings is 3. The lowest BCUT2D eigenvalue weighted by Crippen LogP contribution is -2.46. The molecule has 1 aromatic heterocycles. The maximum absolute atomic E-state index is 13.1. The maximum atomic E-state index is 13.1. The van der Waals surface area contributed by atoms with Gasteiger partial charge in [0.15, 0.2) is 5.11 Å². The summed E-state index contributed by atoms with van der Waals surface area (Å²) in [5.41, 5.74) is 7.11. The SMILES string of the molecule is N#Cc1c(-c2ccccc2)c(-c2ccccc2)nn(CC(=O)NNC(=S)Nc2ccc(Cl)cc2)c1=O. The number of rotatable bonds is 5. The van der Waals surface area contributed by atoms with Gasteiger partial charge in [0, 0.05) is 21.8 Å². The zero-order valence-electron chi connectivity index (χ0n) is 18.7. The highest BCUT2D eigenvalue weighted by Crippen LogP contribution is 2.31. The van der Waals surface area contributed by atoms with Crippen LogP contribution >= 0.6 is 23.8 Å². The van der Waals surface area contributed by atoms with Crippen LogP contribution in [0.4, 0.5) is 5.69 Å². The molecule has 0 aliphatic heterocycles. The minimum absolute atomic E-state index is 0.101. The lowest BCUT2D eigenvalue weighted by atomic mass is 9.96. The van der Waals surface area contributed by atoms with Crippen LogP contribution in [0.25, 0.3) is 22.4 Å². The molecule has 178 valence electrons. The van der Waals surface area contributed by atoms with Gasteiger partial charge >= 0.3 is 0 Å². The fourth-order valence-electron chi connectivity index (χ4n) is 3.46. The van der Waals surface area contributed by atoms with Crippen LogP contribution in [0.15, 0.2) is 89.7 Å². The molecule has 0 saturated heterocycles. The van der Waals surface area contributed by atoms with E-state index in [0.717, 1.165) is 4.68 Å². The summed E-state index contributed by atoms with van der Waals surface area (Å²) in [5.74, 6) is -0.583. The second-order valence-corrected chi connectivity index (χ2v) is 8.38. The second-order valence-electron chi connectivity index (χ2n) is 7.54. The molecule has 3 N–H and O–H groups in total. The van der Waals surface area contributed by atoms with E-state index in [4.69, 9.17) is 23.8 Å². The van der Waals surface area contributed by atoms with Crippen molar-refractivity contribution in [2.75, 3.05) is 5.32 Å². The van der Waals surface area contributed by atoms with E-state index in [9.17, 15) is 14.9 Å². The summed E-state index contributed by atoms with van der Waals surface area (Å²) in [4.78, 5) is 25.8. The Labute approximate surface area is 217 Å². The van der Waals surface area contributed by atoms with Gasteiger partial charge in [0.2, 0.25) is 0 Å². The lowest BCUT2D eigenvalue weighted by molar-refractivity contribution is -0.122. The van der Waals surface area contributed by atoms with Crippen molar-refractivity contribution in [1.29, 1.82) is 5.26 Å². The number of amides is 1. The Morgan fingerprint density at radius 1 is 0.944 bits per heavy atom. The molecular weight excluding hydrogens is 496 g/mol. The molecule has 3 aromatic carbocycles. The summed E-state index contributed by atoms with van der Waals surface area (Å²) in [6.45, 7) is -0.432. The molecule has 36 heavy (non-hydrogen) atoms. The Morgan fingerprint density at radius 3 is 2.17 bits per heavy atom. The third-order valence-corrected chi connectivity index (χ3v) is 5.54. The average Bonchev–Trinajstić information content (AvgIpc) is 2.90. The first-order chi connectivity index (χ1) is 17.5. The van der Waals surface area contributed by atoms with Crippen molar-refractivity contribution in [2.45, 2.75) is 6.54 Å². The zero-order valence-corrected chi connectivity index (χ0v) is 20.3. The summed E-state index contributed by atoms with van der Waals surface area (Å²) in [5, 5.41) is 18.0. The molecule has 0 unspecified atom stereocenters. The standard InChI is InChI=1S/C26H19ClN6O2S/c27-19-11-13-20(14-12-19)29-26(36)31-30-22(34)16-33-25(35)21(15-28)23(17-7-3-1-4-8-17)24(32-33)18-9-5-2-6-10-18/h1-14H,16H2,(H,30,34)(H2,29,31,36). The average molecular weight is 515 g/mol. The van der Waals surface area contributed by atoms with Crippen LogP contribution in [0.1, 0.15) is 5.56 Å². The number of thiocarbonyl (C=S) groups is 1. The first-order valence-electron chi connectivity index (χ1n) is 10.7. The molecule has 0 spiro atoms. The Kier molecular flexibility index (Phi) is 7.70. The van der Waals surface area contributed by atoms with E-state index in [2.05, 4.69) is 21.3 Å². The van der Waals surface area contributed by atoms with Gasteiger partial charge < -0.3 is 5.32 Å². The van der Waals surface area contributed by atoms with E-state index in [1.165, 1.54) is 0 Å². The van der Waals surface area contributed by atoms with Gasteiger partial charge in [0.1, 0.15) is 23.9 Å². The van der Waals surface area contributed by atoms with Gasteiger partial charge in [-0.1, -0.05) is 72.3 Å². The predicted octanol–water partition coefficient (Wildman–Crippen LogP) is 4.12. The van der Waals surface area contributed by atoms with Gasteiger partial charge in [-0.05, 0) is 42.0 Å². The lowest BCUT2D eigenvalue weighted by Gasteiger charge is -2.15. The Hall–Kier alpha value is -4.52.